The summed E-state index contributed by atoms with van der Waals surface area (Å²) >= 11 is 0. The van der Waals surface area contributed by atoms with Crippen LogP contribution >= 0.6 is 0 Å². The van der Waals surface area contributed by atoms with E-state index < -0.39 is 0 Å². The smallest absolute Gasteiger partial charge is 0.220 e. The van der Waals surface area contributed by atoms with Gasteiger partial charge in [0.15, 0.2) is 0 Å². The Morgan fingerprint density at radius 2 is 2.33 bits per heavy atom. The molecule has 1 heterocycles. The highest BCUT2D eigenvalue weighted by molar-refractivity contribution is 5.76. The lowest BCUT2D eigenvalue weighted by Gasteiger charge is -2.20. The predicted octanol–water partition coefficient (Wildman–Crippen LogP) is 0.0523. The SMILES string of the molecule is CC(CNC(=O)CC1CCNC1)N(C)C. The van der Waals surface area contributed by atoms with E-state index in [1.165, 1.54) is 0 Å². The molecule has 0 bridgehead atoms. The zero-order valence-electron chi connectivity index (χ0n) is 10.0. The molecule has 4 nitrogen and oxygen atoms in total. The maximum Gasteiger partial charge on any atom is 0.220 e. The van der Waals surface area contributed by atoms with Gasteiger partial charge in [-0.1, -0.05) is 0 Å². The Bertz CT molecular complexity index is 200. The van der Waals surface area contributed by atoms with Crippen LogP contribution in [0.5, 0.6) is 0 Å². The van der Waals surface area contributed by atoms with Crippen molar-refractivity contribution in [3.8, 4) is 0 Å². The lowest BCUT2D eigenvalue weighted by atomic mass is 10.0. The van der Waals surface area contributed by atoms with E-state index in [1.54, 1.807) is 0 Å². The second-order valence-corrected chi connectivity index (χ2v) is 4.68. The highest BCUT2D eigenvalue weighted by atomic mass is 16.1. The molecule has 0 aromatic rings. The Morgan fingerprint density at radius 3 is 2.87 bits per heavy atom. The minimum atomic E-state index is 0.192. The van der Waals surface area contributed by atoms with Crippen molar-refractivity contribution in [2.24, 2.45) is 5.92 Å². The topological polar surface area (TPSA) is 44.4 Å². The third kappa shape index (κ3) is 4.62. The molecular weight excluding hydrogens is 190 g/mol. The van der Waals surface area contributed by atoms with Gasteiger partial charge in [-0.2, -0.15) is 0 Å². The summed E-state index contributed by atoms with van der Waals surface area (Å²) in [5.74, 6) is 0.733. The van der Waals surface area contributed by atoms with Crippen molar-refractivity contribution in [2.75, 3.05) is 33.7 Å². The third-order valence-electron chi connectivity index (χ3n) is 3.11. The van der Waals surface area contributed by atoms with Crippen LogP contribution in [0, 0.1) is 5.92 Å². The maximum atomic E-state index is 11.6. The number of likely N-dealkylation sites (N-methyl/N-ethyl adjacent to an activating group) is 1. The molecule has 0 aromatic carbocycles. The molecule has 1 amide bonds. The predicted molar refractivity (Wildman–Crippen MR) is 61.8 cm³/mol. The van der Waals surface area contributed by atoms with E-state index in [0.29, 0.717) is 18.4 Å². The molecule has 0 aliphatic carbocycles. The number of nitrogens with one attached hydrogen (secondary N) is 2. The maximum absolute atomic E-state index is 11.6. The number of rotatable bonds is 5. The standard InChI is InChI=1S/C11H23N3O/c1-9(14(2)3)7-13-11(15)6-10-4-5-12-8-10/h9-10,12H,4-8H2,1-3H3,(H,13,15). The van der Waals surface area contributed by atoms with Crippen LogP contribution in [-0.2, 0) is 4.79 Å². The van der Waals surface area contributed by atoms with Gasteiger partial charge in [-0.05, 0) is 46.4 Å². The number of nitrogens with zero attached hydrogens (tertiary/aromatic N) is 1. The van der Waals surface area contributed by atoms with Crippen molar-refractivity contribution in [2.45, 2.75) is 25.8 Å². The van der Waals surface area contributed by atoms with Gasteiger partial charge in [-0.15, -0.1) is 0 Å². The molecule has 2 atom stereocenters. The molecule has 1 aliphatic heterocycles. The van der Waals surface area contributed by atoms with Crippen molar-refractivity contribution in [1.29, 1.82) is 0 Å². The van der Waals surface area contributed by atoms with Crippen molar-refractivity contribution in [1.82, 2.24) is 15.5 Å². The molecule has 1 fully saturated rings. The zero-order valence-corrected chi connectivity index (χ0v) is 10.0. The van der Waals surface area contributed by atoms with Crippen molar-refractivity contribution in [3.63, 3.8) is 0 Å². The van der Waals surface area contributed by atoms with E-state index in [0.717, 1.165) is 26.1 Å². The summed E-state index contributed by atoms with van der Waals surface area (Å²) in [6, 6.07) is 0.399. The highest BCUT2D eigenvalue weighted by Gasteiger charge is 2.18. The van der Waals surface area contributed by atoms with Crippen LogP contribution in [-0.4, -0.2) is 50.6 Å². The molecule has 0 saturated carbocycles. The molecule has 0 aromatic heterocycles. The van der Waals surface area contributed by atoms with Crippen molar-refractivity contribution >= 4 is 5.91 Å². The molecule has 15 heavy (non-hydrogen) atoms. The first kappa shape index (κ1) is 12.5. The van der Waals surface area contributed by atoms with E-state index >= 15 is 0 Å². The highest BCUT2D eigenvalue weighted by Crippen LogP contribution is 2.11. The number of amides is 1. The van der Waals surface area contributed by atoms with Gasteiger partial charge in [0.25, 0.3) is 0 Å². The molecule has 1 aliphatic rings. The monoisotopic (exact) mass is 213 g/mol. The molecule has 2 N–H and O–H groups in total. The molecule has 1 saturated heterocycles. The van der Waals surface area contributed by atoms with Crippen LogP contribution in [0.15, 0.2) is 0 Å². The second-order valence-electron chi connectivity index (χ2n) is 4.68. The summed E-state index contributed by atoms with van der Waals surface area (Å²) in [6.07, 6.45) is 1.81. The normalized spacial score (nSPS) is 23.1. The molecule has 4 heteroatoms. The van der Waals surface area contributed by atoms with E-state index in [2.05, 4.69) is 22.5 Å². The zero-order chi connectivity index (χ0) is 11.3. The fraction of sp³-hybridized carbons (Fsp3) is 0.909. The van der Waals surface area contributed by atoms with Gasteiger partial charge in [0.1, 0.15) is 0 Å². The molecule has 1 rings (SSSR count). The average Bonchev–Trinajstić information content (AvgIpc) is 2.66. The summed E-state index contributed by atoms with van der Waals surface area (Å²) in [7, 11) is 4.05. The number of carbonyl (C=O) groups excluding carboxylic acids is 1. The second kappa shape index (κ2) is 6.08. The van der Waals surface area contributed by atoms with Crippen LogP contribution < -0.4 is 10.6 Å². The molecule has 88 valence electrons. The first-order chi connectivity index (χ1) is 7.09. The van der Waals surface area contributed by atoms with Crippen molar-refractivity contribution < 1.29 is 4.79 Å². The average molecular weight is 213 g/mol. The van der Waals surface area contributed by atoms with E-state index in [9.17, 15) is 4.79 Å². The lowest BCUT2D eigenvalue weighted by molar-refractivity contribution is -0.122. The number of carbonyl (C=O) groups is 1. The van der Waals surface area contributed by atoms with Gasteiger partial charge in [0, 0.05) is 19.0 Å². The first-order valence-corrected chi connectivity index (χ1v) is 5.73. The van der Waals surface area contributed by atoms with Crippen LogP contribution in [0.25, 0.3) is 0 Å². The third-order valence-corrected chi connectivity index (χ3v) is 3.11. The quantitative estimate of drug-likeness (QED) is 0.678. The summed E-state index contributed by atoms with van der Waals surface area (Å²) in [5.41, 5.74) is 0. The minimum Gasteiger partial charge on any atom is -0.355 e. The molecule has 0 spiro atoms. The van der Waals surface area contributed by atoms with Crippen molar-refractivity contribution in [3.05, 3.63) is 0 Å². The van der Waals surface area contributed by atoms with Gasteiger partial charge in [-0.3, -0.25) is 4.79 Å². The van der Waals surface area contributed by atoms with E-state index in [4.69, 9.17) is 0 Å². The summed E-state index contributed by atoms with van der Waals surface area (Å²) < 4.78 is 0. The summed E-state index contributed by atoms with van der Waals surface area (Å²) in [5, 5.41) is 6.25. The number of hydrogen-bond acceptors (Lipinski definition) is 3. The van der Waals surface area contributed by atoms with Gasteiger partial charge >= 0.3 is 0 Å². The van der Waals surface area contributed by atoms with Crippen LogP contribution in [0.3, 0.4) is 0 Å². The fourth-order valence-electron chi connectivity index (χ4n) is 1.67. The van der Waals surface area contributed by atoms with E-state index in [-0.39, 0.29) is 5.91 Å². The van der Waals surface area contributed by atoms with Gasteiger partial charge < -0.3 is 15.5 Å². The van der Waals surface area contributed by atoms with Gasteiger partial charge in [0.2, 0.25) is 5.91 Å². The minimum absolute atomic E-state index is 0.192. The summed E-state index contributed by atoms with van der Waals surface area (Å²) in [4.78, 5) is 13.7. The Kier molecular flexibility index (Phi) is 5.05. The lowest BCUT2D eigenvalue weighted by Crippen LogP contribution is -2.38. The van der Waals surface area contributed by atoms with Crippen LogP contribution in [0.1, 0.15) is 19.8 Å². The van der Waals surface area contributed by atoms with Gasteiger partial charge in [0.05, 0.1) is 0 Å². The largest absolute Gasteiger partial charge is 0.355 e. The molecule has 0 radical (unpaired) electrons. The van der Waals surface area contributed by atoms with Crippen LogP contribution in [0.4, 0.5) is 0 Å². The van der Waals surface area contributed by atoms with E-state index in [1.807, 2.05) is 14.1 Å². The molecule has 2 unspecified atom stereocenters. The summed E-state index contributed by atoms with van der Waals surface area (Å²) in [6.45, 7) is 4.91. The Labute approximate surface area is 92.4 Å². The Morgan fingerprint density at radius 1 is 1.60 bits per heavy atom. The molecular formula is C11H23N3O. The van der Waals surface area contributed by atoms with Gasteiger partial charge in [-0.25, -0.2) is 0 Å². The fourth-order valence-corrected chi connectivity index (χ4v) is 1.67. The van der Waals surface area contributed by atoms with Crippen LogP contribution in [0.2, 0.25) is 0 Å². The number of hydrogen-bond donors (Lipinski definition) is 2. The Hall–Kier alpha value is -0.610. The Balaban J connectivity index is 2.12. The first-order valence-electron chi connectivity index (χ1n) is 5.73.